The van der Waals surface area contributed by atoms with E-state index in [0.29, 0.717) is 18.8 Å². The minimum atomic E-state index is -0.115. The Morgan fingerprint density at radius 2 is 1.90 bits per heavy atom. The summed E-state index contributed by atoms with van der Waals surface area (Å²) in [5.74, 6) is -0.115. The van der Waals surface area contributed by atoms with Gasteiger partial charge in [0.2, 0.25) is 0 Å². The minimum Gasteiger partial charge on any atom is -0.351 e. The molecule has 3 N–H and O–H groups in total. The highest BCUT2D eigenvalue weighted by atomic mass is 35.5. The van der Waals surface area contributed by atoms with Gasteiger partial charge in [-0.05, 0) is 19.4 Å². The lowest BCUT2D eigenvalue weighted by Crippen LogP contribution is -2.25. The van der Waals surface area contributed by atoms with Crippen molar-refractivity contribution in [1.29, 1.82) is 0 Å². The normalized spacial score (nSPS) is 9.38. The van der Waals surface area contributed by atoms with Gasteiger partial charge in [-0.25, -0.2) is 4.98 Å². The van der Waals surface area contributed by atoms with Gasteiger partial charge in [0.25, 0.3) is 5.91 Å². The molecule has 0 aliphatic rings. The second-order valence-electron chi connectivity index (χ2n) is 4.16. The van der Waals surface area contributed by atoms with Gasteiger partial charge in [0.05, 0.1) is 0 Å². The molecule has 7 heteroatoms. The van der Waals surface area contributed by atoms with Crippen LogP contribution in [-0.2, 0) is 0 Å². The first kappa shape index (κ1) is 19.9. The minimum absolute atomic E-state index is 0. The van der Waals surface area contributed by atoms with E-state index in [2.05, 4.69) is 10.3 Å². The van der Waals surface area contributed by atoms with Gasteiger partial charge in [-0.1, -0.05) is 30.3 Å². The van der Waals surface area contributed by atoms with Crippen LogP contribution in [0, 0.1) is 0 Å². The van der Waals surface area contributed by atoms with Gasteiger partial charge in [-0.2, -0.15) is 0 Å². The average Bonchev–Trinajstić information content (AvgIpc) is 2.94. The second kappa shape index (κ2) is 10.6. The lowest BCUT2D eigenvalue weighted by Gasteiger charge is -2.01. The maximum absolute atomic E-state index is 11.9. The predicted octanol–water partition coefficient (Wildman–Crippen LogP) is 3.12. The Labute approximate surface area is 141 Å². The van der Waals surface area contributed by atoms with Crippen molar-refractivity contribution in [2.45, 2.75) is 12.8 Å². The van der Waals surface area contributed by atoms with Crippen LogP contribution >= 0.6 is 36.2 Å². The van der Waals surface area contributed by atoms with E-state index in [4.69, 9.17) is 5.73 Å². The molecule has 2 aromatic rings. The topological polar surface area (TPSA) is 68.0 Å². The van der Waals surface area contributed by atoms with Crippen molar-refractivity contribution in [2.24, 2.45) is 5.73 Å². The van der Waals surface area contributed by atoms with E-state index in [1.54, 1.807) is 5.38 Å². The van der Waals surface area contributed by atoms with Crippen molar-refractivity contribution in [3.05, 3.63) is 41.4 Å². The summed E-state index contributed by atoms with van der Waals surface area (Å²) in [6.45, 7) is 1.30. The number of hydrogen-bond acceptors (Lipinski definition) is 4. The first-order valence-corrected chi connectivity index (χ1v) is 7.18. The van der Waals surface area contributed by atoms with Crippen molar-refractivity contribution < 1.29 is 4.79 Å². The van der Waals surface area contributed by atoms with E-state index >= 15 is 0 Å². The monoisotopic (exact) mass is 347 g/mol. The Morgan fingerprint density at radius 1 is 1.19 bits per heavy atom. The van der Waals surface area contributed by atoms with Crippen LogP contribution in [0.2, 0.25) is 0 Å². The lowest BCUT2D eigenvalue weighted by molar-refractivity contribution is 0.0949. The largest absolute Gasteiger partial charge is 0.351 e. The van der Waals surface area contributed by atoms with Crippen LogP contribution in [0.15, 0.2) is 35.7 Å². The first-order valence-electron chi connectivity index (χ1n) is 6.30. The molecule has 0 saturated carbocycles. The molecule has 0 bridgehead atoms. The number of carbonyl (C=O) groups is 1. The van der Waals surface area contributed by atoms with Gasteiger partial charge in [-0.3, -0.25) is 4.79 Å². The fourth-order valence-electron chi connectivity index (χ4n) is 1.65. The summed E-state index contributed by atoms with van der Waals surface area (Å²) < 4.78 is 0. The highest BCUT2D eigenvalue weighted by Gasteiger charge is 2.10. The van der Waals surface area contributed by atoms with Gasteiger partial charge in [0, 0.05) is 17.5 Å². The van der Waals surface area contributed by atoms with Crippen molar-refractivity contribution in [1.82, 2.24) is 10.3 Å². The molecule has 0 atom stereocenters. The molecule has 0 aliphatic heterocycles. The standard InChI is InChI=1S/C14H17N3OS.2ClH/c15-8-4-5-9-16-13(18)12-10-19-14(17-12)11-6-2-1-3-7-11;;/h1-3,6-7,10H,4-5,8-9,15H2,(H,16,18);2*1H. The first-order chi connectivity index (χ1) is 9.31. The van der Waals surface area contributed by atoms with E-state index in [-0.39, 0.29) is 30.7 Å². The Bertz CT molecular complexity index is 534. The number of aromatic nitrogens is 1. The van der Waals surface area contributed by atoms with Gasteiger partial charge in [-0.15, -0.1) is 36.2 Å². The zero-order valence-corrected chi connectivity index (χ0v) is 13.9. The number of nitrogens with two attached hydrogens (primary N) is 1. The number of amides is 1. The van der Waals surface area contributed by atoms with E-state index in [9.17, 15) is 4.79 Å². The van der Waals surface area contributed by atoms with Crippen LogP contribution < -0.4 is 11.1 Å². The number of nitrogens with zero attached hydrogens (tertiary/aromatic N) is 1. The van der Waals surface area contributed by atoms with Crippen molar-refractivity contribution in [2.75, 3.05) is 13.1 Å². The third-order valence-electron chi connectivity index (χ3n) is 2.67. The van der Waals surface area contributed by atoms with Crippen LogP contribution in [0.5, 0.6) is 0 Å². The van der Waals surface area contributed by atoms with Crippen LogP contribution in [-0.4, -0.2) is 24.0 Å². The third-order valence-corrected chi connectivity index (χ3v) is 3.57. The zero-order valence-electron chi connectivity index (χ0n) is 11.5. The molecule has 1 aromatic carbocycles. The Hall–Kier alpha value is -1.14. The van der Waals surface area contributed by atoms with Gasteiger partial charge in [0.1, 0.15) is 10.7 Å². The second-order valence-corrected chi connectivity index (χ2v) is 5.01. The molecule has 0 saturated heterocycles. The summed E-state index contributed by atoms with van der Waals surface area (Å²) in [6, 6.07) is 9.86. The van der Waals surface area contributed by atoms with E-state index in [1.165, 1.54) is 11.3 Å². The summed E-state index contributed by atoms with van der Waals surface area (Å²) in [7, 11) is 0. The van der Waals surface area contributed by atoms with Crippen LogP contribution in [0.4, 0.5) is 0 Å². The van der Waals surface area contributed by atoms with Crippen molar-refractivity contribution >= 4 is 42.1 Å². The predicted molar refractivity (Wildman–Crippen MR) is 92.7 cm³/mol. The van der Waals surface area contributed by atoms with Crippen molar-refractivity contribution in [3.63, 3.8) is 0 Å². The number of benzene rings is 1. The molecule has 2 rings (SSSR count). The summed E-state index contributed by atoms with van der Waals surface area (Å²) in [4.78, 5) is 16.2. The summed E-state index contributed by atoms with van der Waals surface area (Å²) in [5.41, 5.74) is 6.92. The molecular weight excluding hydrogens is 329 g/mol. The number of nitrogens with one attached hydrogen (secondary N) is 1. The molecular formula is C14H19Cl2N3OS. The number of hydrogen-bond donors (Lipinski definition) is 2. The molecule has 0 radical (unpaired) electrons. The molecule has 0 spiro atoms. The summed E-state index contributed by atoms with van der Waals surface area (Å²) >= 11 is 1.48. The maximum atomic E-state index is 11.9. The molecule has 116 valence electrons. The number of rotatable bonds is 6. The highest BCUT2D eigenvalue weighted by molar-refractivity contribution is 7.13. The van der Waals surface area contributed by atoms with Crippen molar-refractivity contribution in [3.8, 4) is 10.6 Å². The molecule has 21 heavy (non-hydrogen) atoms. The summed E-state index contributed by atoms with van der Waals surface area (Å²) in [5, 5.41) is 5.51. The Morgan fingerprint density at radius 3 is 2.57 bits per heavy atom. The maximum Gasteiger partial charge on any atom is 0.270 e. The fraction of sp³-hybridized carbons (Fsp3) is 0.286. The number of halogens is 2. The Balaban J connectivity index is 0.00000200. The number of carbonyl (C=O) groups excluding carboxylic acids is 1. The van der Waals surface area contributed by atoms with Crippen LogP contribution in [0.3, 0.4) is 0 Å². The molecule has 1 heterocycles. The highest BCUT2D eigenvalue weighted by Crippen LogP contribution is 2.23. The van der Waals surface area contributed by atoms with E-state index < -0.39 is 0 Å². The average molecular weight is 348 g/mol. The van der Waals surface area contributed by atoms with Crippen LogP contribution in [0.25, 0.3) is 10.6 Å². The molecule has 4 nitrogen and oxygen atoms in total. The fourth-order valence-corrected chi connectivity index (χ4v) is 2.46. The number of unbranched alkanes of at least 4 members (excludes halogenated alkanes) is 1. The van der Waals surface area contributed by atoms with E-state index in [0.717, 1.165) is 23.4 Å². The zero-order chi connectivity index (χ0) is 13.5. The molecule has 1 amide bonds. The quantitative estimate of drug-likeness (QED) is 0.788. The summed E-state index contributed by atoms with van der Waals surface area (Å²) in [6.07, 6.45) is 1.82. The molecule has 0 fully saturated rings. The van der Waals surface area contributed by atoms with Gasteiger partial charge < -0.3 is 11.1 Å². The molecule has 1 aromatic heterocycles. The molecule has 0 unspecified atom stereocenters. The molecule has 0 aliphatic carbocycles. The van der Waals surface area contributed by atoms with E-state index in [1.807, 2.05) is 30.3 Å². The van der Waals surface area contributed by atoms with Gasteiger partial charge in [0.15, 0.2) is 0 Å². The number of thiazole rings is 1. The lowest BCUT2D eigenvalue weighted by atomic mass is 10.2. The Kier molecular flexibility index (Phi) is 9.99. The van der Waals surface area contributed by atoms with Gasteiger partial charge >= 0.3 is 0 Å². The smallest absolute Gasteiger partial charge is 0.270 e. The SMILES string of the molecule is Cl.Cl.NCCCCNC(=O)c1csc(-c2ccccc2)n1. The van der Waals surface area contributed by atoms with Crippen LogP contribution in [0.1, 0.15) is 23.3 Å². The third kappa shape index (κ3) is 6.01.